The zero-order valence-corrected chi connectivity index (χ0v) is 17.8. The third kappa shape index (κ3) is 4.32. The number of amides is 1. The van der Waals surface area contributed by atoms with Crippen molar-refractivity contribution >= 4 is 48.4 Å². The Bertz CT molecular complexity index is 1350. The van der Waals surface area contributed by atoms with Crippen LogP contribution in [0.3, 0.4) is 0 Å². The van der Waals surface area contributed by atoms with Gasteiger partial charge in [-0.15, -0.1) is 0 Å². The molecule has 7 nitrogen and oxygen atoms in total. The number of carbonyl (C=O) groups excluding carboxylic acids is 1. The van der Waals surface area contributed by atoms with E-state index in [9.17, 15) is 13.2 Å². The van der Waals surface area contributed by atoms with Crippen molar-refractivity contribution in [3.8, 4) is 11.1 Å². The molecular formula is C21H18N4O3S2. The fourth-order valence-corrected chi connectivity index (χ4v) is 4.84. The highest BCUT2D eigenvalue weighted by Crippen LogP contribution is 2.31. The van der Waals surface area contributed by atoms with E-state index >= 15 is 0 Å². The number of rotatable bonds is 5. The van der Waals surface area contributed by atoms with E-state index in [2.05, 4.69) is 20.0 Å². The summed E-state index contributed by atoms with van der Waals surface area (Å²) in [7, 11) is -3.73. The Balaban J connectivity index is 1.63. The van der Waals surface area contributed by atoms with Crippen LogP contribution in [0.5, 0.6) is 0 Å². The molecule has 0 saturated carbocycles. The number of carbonyl (C=O) groups is 1. The molecule has 2 N–H and O–H groups in total. The molecule has 0 fully saturated rings. The molecule has 2 heterocycles. The Kier molecular flexibility index (Phi) is 5.23. The minimum atomic E-state index is -3.73. The number of pyridine rings is 1. The van der Waals surface area contributed by atoms with Crippen LogP contribution < -0.4 is 10.0 Å². The summed E-state index contributed by atoms with van der Waals surface area (Å²) in [4.78, 5) is 19.9. The van der Waals surface area contributed by atoms with E-state index in [1.807, 2.05) is 25.1 Å². The molecule has 0 aliphatic rings. The van der Waals surface area contributed by atoms with E-state index in [0.717, 1.165) is 26.9 Å². The van der Waals surface area contributed by atoms with E-state index < -0.39 is 10.0 Å². The Labute approximate surface area is 177 Å². The van der Waals surface area contributed by atoms with Crippen molar-refractivity contribution in [3.05, 3.63) is 66.4 Å². The number of aromatic nitrogens is 2. The monoisotopic (exact) mass is 438 g/mol. The number of thiazole rings is 1. The van der Waals surface area contributed by atoms with Crippen molar-refractivity contribution in [1.82, 2.24) is 9.97 Å². The van der Waals surface area contributed by atoms with Crippen LogP contribution in [0, 0.1) is 6.92 Å². The quantitative estimate of drug-likeness (QED) is 0.480. The van der Waals surface area contributed by atoms with E-state index in [0.29, 0.717) is 5.13 Å². The van der Waals surface area contributed by atoms with Crippen LogP contribution in [0.15, 0.2) is 65.7 Å². The van der Waals surface area contributed by atoms with Gasteiger partial charge >= 0.3 is 0 Å². The first-order chi connectivity index (χ1) is 14.3. The van der Waals surface area contributed by atoms with Gasteiger partial charge in [-0.2, -0.15) is 0 Å². The molecule has 4 rings (SSSR count). The number of anilines is 2. The van der Waals surface area contributed by atoms with Gasteiger partial charge in [0.15, 0.2) is 5.13 Å². The number of sulfonamides is 1. The molecule has 0 radical (unpaired) electrons. The van der Waals surface area contributed by atoms with Crippen molar-refractivity contribution in [2.75, 3.05) is 10.0 Å². The first kappa shape index (κ1) is 20.0. The maximum atomic E-state index is 12.6. The maximum absolute atomic E-state index is 12.6. The highest BCUT2D eigenvalue weighted by Gasteiger charge is 2.15. The summed E-state index contributed by atoms with van der Waals surface area (Å²) in [6.07, 6.45) is 1.56. The normalized spacial score (nSPS) is 11.4. The zero-order valence-electron chi connectivity index (χ0n) is 16.2. The molecule has 0 spiro atoms. The Morgan fingerprint density at radius 2 is 1.73 bits per heavy atom. The zero-order chi connectivity index (χ0) is 21.3. The standard InChI is InChI=1S/C21H18N4O3S2/c1-13-3-6-17(7-4-13)30(27,28)25-20-12-16(9-10-22-20)15-5-8-18-19(11-15)29-21(24-18)23-14(2)26/h3-12H,1-2H3,(H,22,25)(H,23,24,26). The van der Waals surface area contributed by atoms with Gasteiger partial charge in [0.1, 0.15) is 5.82 Å². The van der Waals surface area contributed by atoms with E-state index in [1.54, 1.807) is 42.6 Å². The summed E-state index contributed by atoms with van der Waals surface area (Å²) in [5.41, 5.74) is 3.46. The topological polar surface area (TPSA) is 101 Å². The van der Waals surface area contributed by atoms with Gasteiger partial charge in [0.2, 0.25) is 5.91 Å². The molecule has 9 heteroatoms. The SMILES string of the molecule is CC(=O)Nc1nc2ccc(-c3ccnc(NS(=O)(=O)c4ccc(C)cc4)c3)cc2s1. The average molecular weight is 439 g/mol. The Morgan fingerprint density at radius 1 is 1.00 bits per heavy atom. The molecule has 0 bridgehead atoms. The van der Waals surface area contributed by atoms with Crippen LogP contribution in [0.1, 0.15) is 12.5 Å². The van der Waals surface area contributed by atoms with Crippen LogP contribution in [0.4, 0.5) is 10.9 Å². The maximum Gasteiger partial charge on any atom is 0.263 e. The third-order valence-corrected chi connectivity index (χ3v) is 6.64. The number of benzene rings is 2. The van der Waals surface area contributed by atoms with Gasteiger partial charge in [0.05, 0.1) is 15.1 Å². The van der Waals surface area contributed by atoms with Crippen LogP contribution in [0.25, 0.3) is 21.3 Å². The fraction of sp³-hybridized carbons (Fsp3) is 0.0952. The molecule has 152 valence electrons. The number of fused-ring (bicyclic) bond motifs is 1. The van der Waals surface area contributed by atoms with E-state index in [4.69, 9.17) is 0 Å². The van der Waals surface area contributed by atoms with Gasteiger partial charge < -0.3 is 5.32 Å². The van der Waals surface area contributed by atoms with Gasteiger partial charge in [-0.05, 0) is 54.4 Å². The molecule has 0 aliphatic heterocycles. The number of hydrogen-bond acceptors (Lipinski definition) is 6. The lowest BCUT2D eigenvalue weighted by atomic mass is 10.1. The van der Waals surface area contributed by atoms with Gasteiger partial charge in [-0.1, -0.05) is 35.1 Å². The highest BCUT2D eigenvalue weighted by atomic mass is 32.2. The minimum Gasteiger partial charge on any atom is -0.302 e. The van der Waals surface area contributed by atoms with E-state index in [1.165, 1.54) is 18.3 Å². The lowest BCUT2D eigenvalue weighted by Crippen LogP contribution is -2.13. The number of aryl methyl sites for hydroxylation is 1. The lowest BCUT2D eigenvalue weighted by Gasteiger charge is -2.09. The molecule has 0 aliphatic carbocycles. The molecule has 30 heavy (non-hydrogen) atoms. The predicted molar refractivity (Wildman–Crippen MR) is 119 cm³/mol. The first-order valence-corrected chi connectivity index (χ1v) is 11.3. The summed E-state index contributed by atoms with van der Waals surface area (Å²) < 4.78 is 28.7. The van der Waals surface area contributed by atoms with Gasteiger partial charge in [-0.25, -0.2) is 18.4 Å². The molecule has 0 atom stereocenters. The molecule has 1 amide bonds. The van der Waals surface area contributed by atoms with Crippen molar-refractivity contribution in [2.45, 2.75) is 18.7 Å². The third-order valence-electron chi connectivity index (χ3n) is 4.33. The smallest absolute Gasteiger partial charge is 0.263 e. The average Bonchev–Trinajstić information content (AvgIpc) is 3.08. The Hall–Kier alpha value is -3.30. The minimum absolute atomic E-state index is 0.172. The van der Waals surface area contributed by atoms with Crippen molar-refractivity contribution in [1.29, 1.82) is 0 Å². The highest BCUT2D eigenvalue weighted by molar-refractivity contribution is 7.92. The second-order valence-corrected chi connectivity index (χ2v) is 9.44. The lowest BCUT2D eigenvalue weighted by molar-refractivity contribution is -0.114. The Morgan fingerprint density at radius 3 is 2.47 bits per heavy atom. The summed E-state index contributed by atoms with van der Waals surface area (Å²) in [5.74, 6) is 0.0605. The summed E-state index contributed by atoms with van der Waals surface area (Å²) in [6.45, 7) is 3.33. The number of hydrogen-bond donors (Lipinski definition) is 2. The molecule has 0 saturated heterocycles. The van der Waals surface area contributed by atoms with Crippen LogP contribution in [0.2, 0.25) is 0 Å². The van der Waals surface area contributed by atoms with Gasteiger partial charge in [0, 0.05) is 13.1 Å². The van der Waals surface area contributed by atoms with Crippen LogP contribution in [-0.2, 0) is 14.8 Å². The second kappa shape index (κ2) is 7.85. The van der Waals surface area contributed by atoms with Crippen LogP contribution in [-0.4, -0.2) is 24.3 Å². The predicted octanol–water partition coefficient (Wildman–Crippen LogP) is 4.43. The fourth-order valence-electron chi connectivity index (χ4n) is 2.89. The summed E-state index contributed by atoms with van der Waals surface area (Å²) in [6, 6.07) is 15.8. The first-order valence-electron chi connectivity index (χ1n) is 9.04. The van der Waals surface area contributed by atoms with Crippen molar-refractivity contribution in [3.63, 3.8) is 0 Å². The van der Waals surface area contributed by atoms with Crippen LogP contribution >= 0.6 is 11.3 Å². The molecule has 0 unspecified atom stereocenters. The number of nitrogens with one attached hydrogen (secondary N) is 2. The molecule has 2 aromatic carbocycles. The molecule has 2 aromatic heterocycles. The molecule has 4 aromatic rings. The largest absolute Gasteiger partial charge is 0.302 e. The summed E-state index contributed by atoms with van der Waals surface area (Å²) >= 11 is 1.38. The number of nitrogens with zero attached hydrogens (tertiary/aromatic N) is 2. The van der Waals surface area contributed by atoms with Crippen molar-refractivity contribution in [2.24, 2.45) is 0 Å². The summed E-state index contributed by atoms with van der Waals surface area (Å²) in [5, 5.41) is 3.23. The van der Waals surface area contributed by atoms with Gasteiger partial charge in [-0.3, -0.25) is 9.52 Å². The second-order valence-electron chi connectivity index (χ2n) is 6.73. The van der Waals surface area contributed by atoms with Gasteiger partial charge in [0.25, 0.3) is 10.0 Å². The van der Waals surface area contributed by atoms with E-state index in [-0.39, 0.29) is 16.6 Å². The molecular weight excluding hydrogens is 420 g/mol. The van der Waals surface area contributed by atoms with Crippen molar-refractivity contribution < 1.29 is 13.2 Å².